The molecule has 1 saturated heterocycles. The third kappa shape index (κ3) is 1.96. The first-order valence-electron chi connectivity index (χ1n) is 6.18. The highest BCUT2D eigenvalue weighted by Crippen LogP contribution is 2.25. The summed E-state index contributed by atoms with van der Waals surface area (Å²) < 4.78 is 15.7. The van der Waals surface area contributed by atoms with Gasteiger partial charge >= 0.3 is 0 Å². The largest absolute Gasteiger partial charge is 0.369 e. The van der Waals surface area contributed by atoms with Crippen LogP contribution >= 0.6 is 0 Å². The molecule has 0 N–H and O–H groups in total. The molecule has 0 aliphatic carbocycles. The van der Waals surface area contributed by atoms with Crippen molar-refractivity contribution in [3.05, 3.63) is 35.9 Å². The van der Waals surface area contributed by atoms with Gasteiger partial charge in [0.25, 0.3) is 0 Å². The second-order valence-corrected chi connectivity index (χ2v) is 4.63. The van der Waals surface area contributed by atoms with E-state index in [0.717, 1.165) is 31.6 Å². The van der Waals surface area contributed by atoms with E-state index >= 15 is 0 Å². The molecular formula is C13H15FN4. The highest BCUT2D eigenvalue weighted by Gasteiger charge is 2.16. The fourth-order valence-corrected chi connectivity index (χ4v) is 2.33. The van der Waals surface area contributed by atoms with E-state index in [-0.39, 0.29) is 5.82 Å². The third-order valence-corrected chi connectivity index (χ3v) is 3.25. The lowest BCUT2D eigenvalue weighted by atomic mass is 10.2. The lowest BCUT2D eigenvalue weighted by molar-refractivity contribution is 0.620. The van der Waals surface area contributed by atoms with Crippen LogP contribution in [-0.2, 0) is 0 Å². The zero-order valence-electron chi connectivity index (χ0n) is 10.3. The van der Waals surface area contributed by atoms with Crippen molar-refractivity contribution in [2.75, 3.05) is 18.0 Å². The van der Waals surface area contributed by atoms with Gasteiger partial charge in [-0.1, -0.05) is 5.21 Å². The average molecular weight is 246 g/mol. The average Bonchev–Trinajstić information content (AvgIpc) is 2.99. The van der Waals surface area contributed by atoms with Crippen LogP contribution in [0.3, 0.4) is 0 Å². The number of halogens is 1. The zero-order chi connectivity index (χ0) is 12.5. The summed E-state index contributed by atoms with van der Waals surface area (Å²) in [4.78, 5) is 2.09. The van der Waals surface area contributed by atoms with Gasteiger partial charge in [-0.05, 0) is 31.9 Å². The molecule has 1 aromatic carbocycles. The molecule has 2 heterocycles. The van der Waals surface area contributed by atoms with Crippen LogP contribution in [0.15, 0.2) is 24.4 Å². The molecule has 0 spiro atoms. The fourth-order valence-electron chi connectivity index (χ4n) is 2.33. The molecule has 1 fully saturated rings. The molecule has 18 heavy (non-hydrogen) atoms. The molecule has 4 nitrogen and oxygen atoms in total. The van der Waals surface area contributed by atoms with Crippen LogP contribution in [0, 0.1) is 12.7 Å². The number of hydrogen-bond donors (Lipinski definition) is 0. The van der Waals surface area contributed by atoms with Gasteiger partial charge in [-0.2, -0.15) is 0 Å². The van der Waals surface area contributed by atoms with Gasteiger partial charge in [-0.3, -0.25) is 0 Å². The van der Waals surface area contributed by atoms with Crippen molar-refractivity contribution in [2.45, 2.75) is 19.8 Å². The number of nitrogens with zero attached hydrogens (tertiary/aromatic N) is 4. The first-order chi connectivity index (χ1) is 8.74. The number of anilines is 1. The summed E-state index contributed by atoms with van der Waals surface area (Å²) in [5.74, 6) is -0.192. The molecule has 0 atom stereocenters. The monoisotopic (exact) mass is 246 g/mol. The molecule has 5 heteroatoms. The van der Waals surface area contributed by atoms with Crippen LogP contribution in [0.25, 0.3) is 5.69 Å². The SMILES string of the molecule is Cc1cn(-c2ccc(N3CCCC3)c(F)c2)nn1. The van der Waals surface area contributed by atoms with Crippen LogP contribution in [0.4, 0.5) is 10.1 Å². The van der Waals surface area contributed by atoms with Gasteiger partial charge in [-0.15, -0.1) is 5.10 Å². The van der Waals surface area contributed by atoms with Gasteiger partial charge in [0, 0.05) is 19.2 Å². The van der Waals surface area contributed by atoms with Gasteiger partial charge in [0.2, 0.25) is 0 Å². The number of benzene rings is 1. The first kappa shape index (κ1) is 11.2. The molecule has 0 unspecified atom stereocenters. The zero-order valence-corrected chi connectivity index (χ0v) is 10.3. The summed E-state index contributed by atoms with van der Waals surface area (Å²) in [6, 6.07) is 5.22. The molecule has 0 bridgehead atoms. The summed E-state index contributed by atoms with van der Waals surface area (Å²) in [7, 11) is 0. The quantitative estimate of drug-likeness (QED) is 0.815. The molecule has 0 amide bonds. The van der Waals surface area contributed by atoms with Crippen molar-refractivity contribution in [3.63, 3.8) is 0 Å². The molecule has 94 valence electrons. The minimum absolute atomic E-state index is 0.192. The topological polar surface area (TPSA) is 34.0 Å². The third-order valence-electron chi connectivity index (χ3n) is 3.25. The number of hydrogen-bond acceptors (Lipinski definition) is 3. The maximum Gasteiger partial charge on any atom is 0.148 e. The van der Waals surface area contributed by atoms with Crippen LogP contribution in [0.5, 0.6) is 0 Å². The predicted octanol–water partition coefficient (Wildman–Crippen LogP) is 2.32. The van der Waals surface area contributed by atoms with Gasteiger partial charge in [0.1, 0.15) is 5.82 Å². The second kappa shape index (κ2) is 4.40. The number of aryl methyl sites for hydroxylation is 1. The van der Waals surface area contributed by atoms with E-state index in [1.807, 2.05) is 19.1 Å². The van der Waals surface area contributed by atoms with E-state index in [1.54, 1.807) is 10.9 Å². The molecule has 3 rings (SSSR count). The normalized spacial score (nSPS) is 15.3. The first-order valence-corrected chi connectivity index (χ1v) is 6.18. The highest BCUT2D eigenvalue weighted by molar-refractivity contribution is 5.52. The molecule has 0 radical (unpaired) electrons. The summed E-state index contributed by atoms with van der Waals surface area (Å²) in [5.41, 5.74) is 2.21. The summed E-state index contributed by atoms with van der Waals surface area (Å²) in [6.45, 7) is 3.75. The van der Waals surface area contributed by atoms with Crippen molar-refractivity contribution in [3.8, 4) is 5.69 Å². The Balaban J connectivity index is 1.93. The lowest BCUT2D eigenvalue weighted by Gasteiger charge is -2.18. The van der Waals surface area contributed by atoms with Crippen LogP contribution in [0.2, 0.25) is 0 Å². The standard InChI is InChI=1S/C13H15FN4/c1-10-9-18(16-15-10)11-4-5-13(12(14)8-11)17-6-2-3-7-17/h4-5,8-9H,2-3,6-7H2,1H3. The van der Waals surface area contributed by atoms with E-state index in [1.165, 1.54) is 6.07 Å². The van der Waals surface area contributed by atoms with E-state index in [9.17, 15) is 4.39 Å². The van der Waals surface area contributed by atoms with Gasteiger partial charge in [-0.25, -0.2) is 9.07 Å². The molecule has 1 aliphatic heterocycles. The van der Waals surface area contributed by atoms with E-state index in [4.69, 9.17) is 0 Å². The van der Waals surface area contributed by atoms with E-state index in [0.29, 0.717) is 11.4 Å². The fraction of sp³-hybridized carbons (Fsp3) is 0.385. The number of rotatable bonds is 2. The van der Waals surface area contributed by atoms with Crippen LogP contribution in [0.1, 0.15) is 18.5 Å². The van der Waals surface area contributed by atoms with Crippen molar-refractivity contribution in [1.82, 2.24) is 15.0 Å². The Morgan fingerprint density at radius 3 is 2.61 bits per heavy atom. The summed E-state index contributed by atoms with van der Waals surface area (Å²) >= 11 is 0. The number of aromatic nitrogens is 3. The van der Waals surface area contributed by atoms with Crippen LogP contribution in [-0.4, -0.2) is 28.1 Å². The minimum Gasteiger partial charge on any atom is -0.369 e. The maximum atomic E-state index is 14.1. The van der Waals surface area contributed by atoms with Gasteiger partial charge in [0.15, 0.2) is 0 Å². The molecule has 1 aromatic heterocycles. The molecular weight excluding hydrogens is 231 g/mol. The second-order valence-electron chi connectivity index (χ2n) is 4.63. The van der Waals surface area contributed by atoms with Crippen molar-refractivity contribution < 1.29 is 4.39 Å². The van der Waals surface area contributed by atoms with Crippen LogP contribution < -0.4 is 4.90 Å². The van der Waals surface area contributed by atoms with Gasteiger partial charge < -0.3 is 4.90 Å². The van der Waals surface area contributed by atoms with Gasteiger partial charge in [0.05, 0.1) is 23.3 Å². The van der Waals surface area contributed by atoms with Crippen molar-refractivity contribution in [2.24, 2.45) is 0 Å². The summed E-state index contributed by atoms with van der Waals surface area (Å²) in [5, 5.41) is 7.84. The Morgan fingerprint density at radius 2 is 2.00 bits per heavy atom. The Hall–Kier alpha value is -1.91. The Kier molecular flexibility index (Phi) is 2.74. The molecule has 1 aliphatic rings. The van der Waals surface area contributed by atoms with E-state index < -0.39 is 0 Å². The predicted molar refractivity (Wildman–Crippen MR) is 67.5 cm³/mol. The Bertz CT molecular complexity index is 558. The summed E-state index contributed by atoms with van der Waals surface area (Å²) in [6.07, 6.45) is 4.07. The van der Waals surface area contributed by atoms with E-state index in [2.05, 4.69) is 15.2 Å². The highest BCUT2D eigenvalue weighted by atomic mass is 19.1. The Labute approximate surface area is 105 Å². The minimum atomic E-state index is -0.192. The lowest BCUT2D eigenvalue weighted by Crippen LogP contribution is -2.19. The Morgan fingerprint density at radius 1 is 1.22 bits per heavy atom. The maximum absolute atomic E-state index is 14.1. The smallest absolute Gasteiger partial charge is 0.148 e. The van der Waals surface area contributed by atoms with Crippen molar-refractivity contribution >= 4 is 5.69 Å². The molecule has 0 saturated carbocycles. The van der Waals surface area contributed by atoms with Crippen molar-refractivity contribution in [1.29, 1.82) is 0 Å². The molecule has 2 aromatic rings.